The normalized spacial score (nSPS) is 11.1. The number of hydrogen-bond acceptors (Lipinski definition) is 5. The molecule has 1 aromatic carbocycles. The van der Waals surface area contributed by atoms with Gasteiger partial charge in [-0.25, -0.2) is 9.78 Å². The molecule has 0 unspecified atom stereocenters. The van der Waals surface area contributed by atoms with Gasteiger partial charge in [0.25, 0.3) is 5.91 Å². The van der Waals surface area contributed by atoms with Gasteiger partial charge in [0.05, 0.1) is 6.61 Å². The van der Waals surface area contributed by atoms with Crippen LogP contribution in [0.2, 0.25) is 0 Å². The largest absolute Gasteiger partial charge is 0.461 e. The fourth-order valence-corrected chi connectivity index (χ4v) is 2.60. The van der Waals surface area contributed by atoms with Crippen molar-refractivity contribution in [1.29, 1.82) is 0 Å². The molecule has 5 nitrogen and oxygen atoms in total. The Morgan fingerprint density at radius 2 is 1.87 bits per heavy atom. The Kier molecular flexibility index (Phi) is 5.15. The van der Waals surface area contributed by atoms with E-state index in [9.17, 15) is 9.59 Å². The van der Waals surface area contributed by atoms with Crippen molar-refractivity contribution in [3.05, 3.63) is 46.5 Å². The van der Waals surface area contributed by atoms with Gasteiger partial charge >= 0.3 is 5.97 Å². The van der Waals surface area contributed by atoms with E-state index >= 15 is 0 Å². The number of aromatic nitrogens is 1. The van der Waals surface area contributed by atoms with Gasteiger partial charge in [-0.05, 0) is 30.0 Å². The zero-order valence-corrected chi connectivity index (χ0v) is 14.5. The Bertz CT molecular complexity index is 699. The third-order valence-electron chi connectivity index (χ3n) is 3.22. The summed E-state index contributed by atoms with van der Waals surface area (Å²) in [6.45, 7) is 8.38. The lowest BCUT2D eigenvalue weighted by atomic mass is 9.87. The Labute approximate surface area is 139 Å². The predicted molar refractivity (Wildman–Crippen MR) is 91.2 cm³/mol. The number of carbonyl (C=O) groups excluding carboxylic acids is 2. The Balaban J connectivity index is 2.06. The molecule has 23 heavy (non-hydrogen) atoms. The summed E-state index contributed by atoms with van der Waals surface area (Å²) in [5.74, 6) is -0.742. The zero-order chi connectivity index (χ0) is 17.0. The van der Waals surface area contributed by atoms with Crippen molar-refractivity contribution in [2.45, 2.75) is 33.1 Å². The number of benzene rings is 1. The lowest BCUT2D eigenvalue weighted by Crippen LogP contribution is -2.14. The Hall–Kier alpha value is -2.21. The lowest BCUT2D eigenvalue weighted by molar-refractivity contribution is 0.0520. The SMILES string of the molecule is CCOC(=O)c1csc(NC(=O)c2ccc(C(C)(C)C)cc2)n1. The number of nitrogens with zero attached hydrogens (tertiary/aromatic N) is 1. The van der Waals surface area contributed by atoms with Gasteiger partial charge in [-0.1, -0.05) is 32.9 Å². The van der Waals surface area contributed by atoms with Crippen molar-refractivity contribution < 1.29 is 14.3 Å². The van der Waals surface area contributed by atoms with Crippen LogP contribution in [-0.4, -0.2) is 23.5 Å². The van der Waals surface area contributed by atoms with Crippen molar-refractivity contribution >= 4 is 28.3 Å². The minimum atomic E-state index is -0.487. The lowest BCUT2D eigenvalue weighted by Gasteiger charge is -2.18. The molecule has 1 aromatic heterocycles. The molecule has 0 saturated carbocycles. The minimum Gasteiger partial charge on any atom is -0.461 e. The van der Waals surface area contributed by atoms with Crippen LogP contribution in [0.25, 0.3) is 0 Å². The first kappa shape index (κ1) is 17.1. The van der Waals surface area contributed by atoms with Gasteiger partial charge in [0.2, 0.25) is 0 Å². The van der Waals surface area contributed by atoms with Gasteiger partial charge in [-0.15, -0.1) is 11.3 Å². The van der Waals surface area contributed by atoms with Crippen LogP contribution in [0.5, 0.6) is 0 Å². The second-order valence-corrected chi connectivity index (χ2v) is 6.90. The fourth-order valence-electron chi connectivity index (χ4n) is 1.92. The molecule has 0 atom stereocenters. The highest BCUT2D eigenvalue weighted by molar-refractivity contribution is 7.14. The molecule has 1 heterocycles. The van der Waals surface area contributed by atoms with Crippen molar-refractivity contribution in [2.75, 3.05) is 11.9 Å². The van der Waals surface area contributed by atoms with E-state index in [1.54, 1.807) is 24.4 Å². The zero-order valence-electron chi connectivity index (χ0n) is 13.7. The van der Waals surface area contributed by atoms with Crippen molar-refractivity contribution in [3.63, 3.8) is 0 Å². The smallest absolute Gasteiger partial charge is 0.357 e. The van der Waals surface area contributed by atoms with E-state index < -0.39 is 5.97 Å². The first-order chi connectivity index (χ1) is 10.8. The quantitative estimate of drug-likeness (QED) is 0.863. The number of rotatable bonds is 4. The van der Waals surface area contributed by atoms with Gasteiger partial charge in [-0.2, -0.15) is 0 Å². The third-order valence-corrected chi connectivity index (χ3v) is 3.98. The van der Waals surface area contributed by atoms with E-state index in [0.717, 1.165) is 5.56 Å². The Morgan fingerprint density at radius 1 is 1.22 bits per heavy atom. The highest BCUT2D eigenvalue weighted by Gasteiger charge is 2.16. The predicted octanol–water partition coefficient (Wildman–Crippen LogP) is 3.87. The number of thiazole rings is 1. The van der Waals surface area contributed by atoms with Crippen LogP contribution in [0.15, 0.2) is 29.6 Å². The molecule has 1 N–H and O–H groups in total. The van der Waals surface area contributed by atoms with Crippen molar-refractivity contribution in [1.82, 2.24) is 4.98 Å². The van der Waals surface area contributed by atoms with Crippen LogP contribution in [-0.2, 0) is 10.2 Å². The fraction of sp³-hybridized carbons (Fsp3) is 0.353. The van der Waals surface area contributed by atoms with Gasteiger partial charge in [0, 0.05) is 10.9 Å². The summed E-state index contributed by atoms with van der Waals surface area (Å²) in [4.78, 5) is 27.8. The standard InChI is InChI=1S/C17H20N2O3S/c1-5-22-15(21)13-10-23-16(18-13)19-14(20)11-6-8-12(9-7-11)17(2,3)4/h6-10H,5H2,1-4H3,(H,18,19,20). The van der Waals surface area contributed by atoms with Crippen molar-refractivity contribution in [3.8, 4) is 0 Å². The van der Waals surface area contributed by atoms with E-state index in [0.29, 0.717) is 10.7 Å². The number of esters is 1. The summed E-state index contributed by atoms with van der Waals surface area (Å²) in [6.07, 6.45) is 0. The average molecular weight is 332 g/mol. The number of hydrogen-bond donors (Lipinski definition) is 1. The van der Waals surface area contributed by atoms with Crippen LogP contribution >= 0.6 is 11.3 Å². The van der Waals surface area contributed by atoms with Crippen molar-refractivity contribution in [2.24, 2.45) is 0 Å². The van der Waals surface area contributed by atoms with Gasteiger partial charge in [0.15, 0.2) is 10.8 Å². The first-order valence-corrected chi connectivity index (χ1v) is 8.23. The molecule has 0 saturated heterocycles. The molecule has 2 aromatic rings. The molecule has 1 amide bonds. The highest BCUT2D eigenvalue weighted by atomic mass is 32.1. The summed E-state index contributed by atoms with van der Waals surface area (Å²) in [7, 11) is 0. The van der Waals surface area contributed by atoms with Gasteiger partial charge < -0.3 is 4.74 Å². The molecule has 0 bridgehead atoms. The van der Waals surface area contributed by atoms with Crippen LogP contribution in [0.1, 0.15) is 54.1 Å². The summed E-state index contributed by atoms with van der Waals surface area (Å²) in [6, 6.07) is 7.47. The maximum atomic E-state index is 12.2. The number of ether oxygens (including phenoxy) is 1. The van der Waals surface area contributed by atoms with Crippen LogP contribution in [0.3, 0.4) is 0 Å². The average Bonchev–Trinajstić information content (AvgIpc) is 2.95. The Morgan fingerprint density at radius 3 is 2.43 bits per heavy atom. The summed E-state index contributed by atoms with van der Waals surface area (Å²) in [5.41, 5.74) is 1.95. The molecule has 122 valence electrons. The second kappa shape index (κ2) is 6.91. The summed E-state index contributed by atoms with van der Waals surface area (Å²) < 4.78 is 4.87. The van der Waals surface area contributed by atoms with Crippen LogP contribution in [0, 0.1) is 0 Å². The number of anilines is 1. The van der Waals surface area contributed by atoms with Crippen LogP contribution in [0.4, 0.5) is 5.13 Å². The molecule has 0 aliphatic rings. The maximum Gasteiger partial charge on any atom is 0.357 e. The monoisotopic (exact) mass is 332 g/mol. The third kappa shape index (κ3) is 4.39. The second-order valence-electron chi connectivity index (χ2n) is 6.04. The maximum absolute atomic E-state index is 12.2. The van der Waals surface area contributed by atoms with Gasteiger partial charge in [-0.3, -0.25) is 10.1 Å². The minimum absolute atomic E-state index is 0.0405. The summed E-state index contributed by atoms with van der Waals surface area (Å²) in [5, 5.41) is 4.63. The van der Waals surface area contributed by atoms with E-state index in [-0.39, 0.29) is 23.6 Å². The molecule has 0 spiro atoms. The highest BCUT2D eigenvalue weighted by Crippen LogP contribution is 2.23. The molecule has 0 radical (unpaired) electrons. The van der Waals surface area contributed by atoms with Crippen LogP contribution < -0.4 is 5.32 Å². The summed E-state index contributed by atoms with van der Waals surface area (Å²) >= 11 is 1.19. The number of amides is 1. The molecule has 0 fully saturated rings. The van der Waals surface area contributed by atoms with E-state index in [4.69, 9.17) is 4.74 Å². The topological polar surface area (TPSA) is 68.3 Å². The first-order valence-electron chi connectivity index (χ1n) is 7.36. The molecule has 2 rings (SSSR count). The van der Waals surface area contributed by atoms with Gasteiger partial charge in [0.1, 0.15) is 0 Å². The van der Waals surface area contributed by atoms with E-state index in [1.165, 1.54) is 11.3 Å². The molecular weight excluding hydrogens is 312 g/mol. The molecule has 0 aliphatic heterocycles. The molecule has 6 heteroatoms. The van der Waals surface area contributed by atoms with E-state index in [1.807, 2.05) is 12.1 Å². The number of carbonyl (C=O) groups is 2. The number of nitrogens with one attached hydrogen (secondary N) is 1. The molecule has 0 aliphatic carbocycles. The van der Waals surface area contributed by atoms with E-state index in [2.05, 4.69) is 31.1 Å². The molecular formula is C17H20N2O3S.